The van der Waals surface area contributed by atoms with Crippen molar-refractivity contribution in [1.82, 2.24) is 5.32 Å². The lowest BCUT2D eigenvalue weighted by molar-refractivity contribution is 0.479. The second-order valence-corrected chi connectivity index (χ2v) is 4.70. The summed E-state index contributed by atoms with van der Waals surface area (Å²) >= 11 is 6.15. The van der Waals surface area contributed by atoms with Crippen LogP contribution in [0.5, 0.6) is 11.5 Å². The fourth-order valence-corrected chi connectivity index (χ4v) is 1.98. The van der Waals surface area contributed by atoms with Gasteiger partial charge in [0, 0.05) is 11.6 Å². The Bertz CT molecular complexity index is 590. The number of hydrogen-bond acceptors (Lipinski definition) is 2. The summed E-state index contributed by atoms with van der Waals surface area (Å²) < 4.78 is 18.8. The van der Waals surface area contributed by atoms with E-state index in [2.05, 4.69) is 5.32 Å². The molecule has 0 aromatic heterocycles. The Morgan fingerprint density at radius 2 is 1.80 bits per heavy atom. The number of benzene rings is 2. The van der Waals surface area contributed by atoms with Crippen LogP contribution in [0, 0.1) is 12.7 Å². The SMILES string of the molecule is CNCc1ccc(Oc2ccc(F)c(C)c2)cc1Cl.Cl. The number of aryl methyl sites for hydroxylation is 1. The van der Waals surface area contributed by atoms with Crippen molar-refractivity contribution in [1.29, 1.82) is 0 Å². The van der Waals surface area contributed by atoms with Crippen molar-refractivity contribution < 1.29 is 9.13 Å². The molecule has 2 aromatic rings. The quantitative estimate of drug-likeness (QED) is 0.881. The van der Waals surface area contributed by atoms with E-state index in [9.17, 15) is 4.39 Å². The maximum absolute atomic E-state index is 13.2. The second kappa shape index (κ2) is 7.48. The van der Waals surface area contributed by atoms with Gasteiger partial charge < -0.3 is 10.1 Å². The molecule has 0 amide bonds. The molecule has 2 aromatic carbocycles. The summed E-state index contributed by atoms with van der Waals surface area (Å²) in [6, 6.07) is 10.2. The minimum Gasteiger partial charge on any atom is -0.457 e. The summed E-state index contributed by atoms with van der Waals surface area (Å²) in [6.45, 7) is 2.40. The Kier molecular flexibility index (Phi) is 6.27. The van der Waals surface area contributed by atoms with Crippen molar-refractivity contribution in [2.24, 2.45) is 0 Å². The van der Waals surface area contributed by atoms with E-state index >= 15 is 0 Å². The molecule has 0 radical (unpaired) electrons. The van der Waals surface area contributed by atoms with Crippen LogP contribution < -0.4 is 10.1 Å². The average Bonchev–Trinajstić information content (AvgIpc) is 2.37. The minimum absolute atomic E-state index is 0. The largest absolute Gasteiger partial charge is 0.457 e. The van der Waals surface area contributed by atoms with Crippen LogP contribution in [-0.4, -0.2) is 7.05 Å². The van der Waals surface area contributed by atoms with Crippen LogP contribution in [0.4, 0.5) is 4.39 Å². The summed E-state index contributed by atoms with van der Waals surface area (Å²) in [6.07, 6.45) is 0. The smallest absolute Gasteiger partial charge is 0.128 e. The zero-order valence-electron chi connectivity index (χ0n) is 11.2. The zero-order chi connectivity index (χ0) is 13.8. The Labute approximate surface area is 129 Å². The first-order chi connectivity index (χ1) is 9.10. The van der Waals surface area contributed by atoms with Gasteiger partial charge in [0.05, 0.1) is 0 Å². The highest BCUT2D eigenvalue weighted by molar-refractivity contribution is 6.31. The fourth-order valence-electron chi connectivity index (χ4n) is 1.74. The highest BCUT2D eigenvalue weighted by Crippen LogP contribution is 2.27. The van der Waals surface area contributed by atoms with Crippen molar-refractivity contribution in [3.63, 3.8) is 0 Å². The first kappa shape index (κ1) is 16.8. The van der Waals surface area contributed by atoms with Gasteiger partial charge >= 0.3 is 0 Å². The Morgan fingerprint density at radius 1 is 1.15 bits per heavy atom. The minimum atomic E-state index is -0.241. The van der Waals surface area contributed by atoms with Gasteiger partial charge in [-0.25, -0.2) is 4.39 Å². The molecule has 2 nitrogen and oxygen atoms in total. The number of nitrogens with one attached hydrogen (secondary N) is 1. The first-order valence-electron chi connectivity index (χ1n) is 5.97. The molecule has 0 unspecified atom stereocenters. The van der Waals surface area contributed by atoms with Gasteiger partial charge in [-0.05, 0) is 55.4 Å². The molecule has 0 spiro atoms. The molecule has 0 saturated carbocycles. The molecule has 0 fully saturated rings. The maximum Gasteiger partial charge on any atom is 0.128 e. The summed E-state index contributed by atoms with van der Waals surface area (Å²) in [5.41, 5.74) is 1.56. The molecule has 1 N–H and O–H groups in total. The summed E-state index contributed by atoms with van der Waals surface area (Å²) in [7, 11) is 1.86. The first-order valence-corrected chi connectivity index (χ1v) is 6.35. The molecule has 0 aliphatic carbocycles. The molecule has 108 valence electrons. The molecule has 5 heteroatoms. The predicted octanol–water partition coefficient (Wildman–Crippen LogP) is 4.72. The molecule has 0 bridgehead atoms. The van der Waals surface area contributed by atoms with Gasteiger partial charge in [0.1, 0.15) is 17.3 Å². The topological polar surface area (TPSA) is 21.3 Å². The average molecular weight is 316 g/mol. The zero-order valence-corrected chi connectivity index (χ0v) is 12.8. The lowest BCUT2D eigenvalue weighted by Gasteiger charge is -2.09. The standard InChI is InChI=1S/C15H15ClFNO.ClH/c1-10-7-12(5-6-15(10)17)19-13-4-3-11(9-18-2)14(16)8-13;/h3-8,18H,9H2,1-2H3;1H. The van der Waals surface area contributed by atoms with E-state index in [0.29, 0.717) is 28.6 Å². The third kappa shape index (κ3) is 4.10. The van der Waals surface area contributed by atoms with Gasteiger partial charge in [-0.3, -0.25) is 0 Å². The fraction of sp³-hybridized carbons (Fsp3) is 0.200. The lowest BCUT2D eigenvalue weighted by atomic mass is 10.2. The molecular formula is C15H16Cl2FNO. The molecule has 0 heterocycles. The van der Waals surface area contributed by atoms with Gasteiger partial charge in [-0.15, -0.1) is 12.4 Å². The number of ether oxygens (including phenoxy) is 1. The second-order valence-electron chi connectivity index (χ2n) is 4.30. The highest BCUT2D eigenvalue weighted by Gasteiger charge is 2.04. The van der Waals surface area contributed by atoms with E-state index in [0.717, 1.165) is 5.56 Å². The molecule has 0 aliphatic heterocycles. The normalized spacial score (nSPS) is 10.0. The summed E-state index contributed by atoms with van der Waals surface area (Å²) in [4.78, 5) is 0. The van der Waals surface area contributed by atoms with Gasteiger partial charge in [0.25, 0.3) is 0 Å². The molecule has 0 aliphatic rings. The van der Waals surface area contributed by atoms with E-state index in [1.165, 1.54) is 6.07 Å². The summed E-state index contributed by atoms with van der Waals surface area (Å²) in [5.74, 6) is 0.988. The summed E-state index contributed by atoms with van der Waals surface area (Å²) in [5, 5.41) is 3.68. The van der Waals surface area contributed by atoms with E-state index in [-0.39, 0.29) is 18.2 Å². The molecule has 0 atom stereocenters. The third-order valence-electron chi connectivity index (χ3n) is 2.76. The Hall–Kier alpha value is -1.29. The number of halogens is 3. The molecule has 0 saturated heterocycles. The van der Waals surface area contributed by atoms with Crippen LogP contribution in [-0.2, 0) is 6.54 Å². The van der Waals surface area contributed by atoms with Gasteiger partial charge in [0.15, 0.2) is 0 Å². The maximum atomic E-state index is 13.2. The van der Waals surface area contributed by atoms with E-state index in [4.69, 9.17) is 16.3 Å². The van der Waals surface area contributed by atoms with Crippen LogP contribution in [0.2, 0.25) is 5.02 Å². The van der Waals surface area contributed by atoms with E-state index < -0.39 is 0 Å². The predicted molar refractivity (Wildman–Crippen MR) is 82.7 cm³/mol. The molecule has 2 rings (SSSR count). The van der Waals surface area contributed by atoms with Gasteiger partial charge in [-0.2, -0.15) is 0 Å². The van der Waals surface area contributed by atoms with Gasteiger partial charge in [-0.1, -0.05) is 17.7 Å². The van der Waals surface area contributed by atoms with E-state index in [1.54, 1.807) is 25.1 Å². The molecular weight excluding hydrogens is 300 g/mol. The monoisotopic (exact) mass is 315 g/mol. The van der Waals surface area contributed by atoms with E-state index in [1.807, 2.05) is 19.2 Å². The van der Waals surface area contributed by atoms with Crippen LogP contribution in [0.15, 0.2) is 36.4 Å². The van der Waals surface area contributed by atoms with Crippen molar-refractivity contribution in [3.8, 4) is 11.5 Å². The number of rotatable bonds is 4. The molecule has 20 heavy (non-hydrogen) atoms. The Balaban J connectivity index is 0.00000200. The third-order valence-corrected chi connectivity index (χ3v) is 3.11. The van der Waals surface area contributed by atoms with Crippen LogP contribution in [0.1, 0.15) is 11.1 Å². The van der Waals surface area contributed by atoms with Crippen LogP contribution in [0.3, 0.4) is 0 Å². The van der Waals surface area contributed by atoms with Crippen molar-refractivity contribution in [3.05, 3.63) is 58.4 Å². The van der Waals surface area contributed by atoms with Crippen molar-refractivity contribution >= 4 is 24.0 Å². The van der Waals surface area contributed by atoms with Crippen LogP contribution in [0.25, 0.3) is 0 Å². The number of hydrogen-bond donors (Lipinski definition) is 1. The van der Waals surface area contributed by atoms with Crippen molar-refractivity contribution in [2.45, 2.75) is 13.5 Å². The van der Waals surface area contributed by atoms with Crippen molar-refractivity contribution in [2.75, 3.05) is 7.05 Å². The highest BCUT2D eigenvalue weighted by atomic mass is 35.5. The Morgan fingerprint density at radius 3 is 2.40 bits per heavy atom. The lowest BCUT2D eigenvalue weighted by Crippen LogP contribution is -2.05. The van der Waals surface area contributed by atoms with Crippen LogP contribution >= 0.6 is 24.0 Å². The van der Waals surface area contributed by atoms with Gasteiger partial charge in [0.2, 0.25) is 0 Å².